The summed E-state index contributed by atoms with van der Waals surface area (Å²) in [5, 5.41) is 5.83. The lowest BCUT2D eigenvalue weighted by Gasteiger charge is -2.34. The van der Waals surface area contributed by atoms with Crippen LogP contribution in [0.4, 0.5) is 17.1 Å². The SMILES string of the molecule is c1ccc(-c2c3ccccc3c(N3c4ccccc4Oc4ccccc43)c3cnc4ccccc4c23)cc1. The quantitative estimate of drug-likeness (QED) is 0.180. The van der Waals surface area contributed by atoms with Gasteiger partial charge in [-0.25, -0.2) is 0 Å². The van der Waals surface area contributed by atoms with Crippen molar-refractivity contribution in [2.24, 2.45) is 0 Å². The molecule has 0 aliphatic carbocycles. The molecule has 0 amide bonds. The summed E-state index contributed by atoms with van der Waals surface area (Å²) in [6.45, 7) is 0. The van der Waals surface area contributed by atoms with Crippen LogP contribution in [0, 0.1) is 0 Å². The van der Waals surface area contributed by atoms with Crippen LogP contribution in [0.25, 0.3) is 43.6 Å². The Morgan fingerprint density at radius 2 is 1.08 bits per heavy atom. The Labute approximate surface area is 220 Å². The van der Waals surface area contributed by atoms with E-state index in [1.54, 1.807) is 0 Å². The van der Waals surface area contributed by atoms with E-state index in [-0.39, 0.29) is 0 Å². The minimum atomic E-state index is 0.837. The van der Waals surface area contributed by atoms with Gasteiger partial charge in [0.05, 0.1) is 22.6 Å². The highest BCUT2D eigenvalue weighted by atomic mass is 16.5. The molecular weight excluding hydrogens is 464 g/mol. The Balaban J connectivity index is 1.61. The van der Waals surface area contributed by atoms with Crippen LogP contribution < -0.4 is 9.64 Å². The maximum atomic E-state index is 6.36. The number of aromatic nitrogens is 1. The summed E-state index contributed by atoms with van der Waals surface area (Å²) in [5.74, 6) is 1.67. The number of benzene rings is 6. The van der Waals surface area contributed by atoms with E-state index in [1.165, 1.54) is 27.3 Å². The second-order valence-electron chi connectivity index (χ2n) is 9.57. The third kappa shape index (κ3) is 2.99. The molecule has 178 valence electrons. The van der Waals surface area contributed by atoms with Crippen LogP contribution in [0.2, 0.25) is 0 Å². The highest BCUT2D eigenvalue weighted by Gasteiger charge is 2.29. The average molecular weight is 487 g/mol. The zero-order valence-corrected chi connectivity index (χ0v) is 20.5. The van der Waals surface area contributed by atoms with Gasteiger partial charge in [-0.3, -0.25) is 4.98 Å². The zero-order chi connectivity index (χ0) is 25.1. The first-order valence-electron chi connectivity index (χ1n) is 12.8. The molecule has 3 nitrogen and oxygen atoms in total. The molecule has 1 aliphatic heterocycles. The number of hydrogen-bond donors (Lipinski definition) is 0. The number of hydrogen-bond acceptors (Lipinski definition) is 3. The van der Waals surface area contributed by atoms with Crippen molar-refractivity contribution in [3.8, 4) is 22.6 Å². The summed E-state index contributed by atoms with van der Waals surface area (Å²) in [7, 11) is 0. The number of anilines is 3. The van der Waals surface area contributed by atoms with Gasteiger partial charge in [0.25, 0.3) is 0 Å². The van der Waals surface area contributed by atoms with Crippen molar-refractivity contribution in [3.63, 3.8) is 0 Å². The molecule has 6 aromatic carbocycles. The second-order valence-corrected chi connectivity index (χ2v) is 9.57. The first kappa shape index (κ1) is 21.0. The van der Waals surface area contributed by atoms with E-state index in [0.717, 1.165) is 44.9 Å². The van der Waals surface area contributed by atoms with Crippen LogP contribution >= 0.6 is 0 Å². The van der Waals surface area contributed by atoms with E-state index in [4.69, 9.17) is 9.72 Å². The third-order valence-corrected chi connectivity index (χ3v) is 7.45. The second kappa shape index (κ2) is 8.19. The fourth-order valence-corrected chi connectivity index (χ4v) is 5.87. The molecule has 0 saturated heterocycles. The molecule has 0 saturated carbocycles. The van der Waals surface area contributed by atoms with Crippen LogP contribution in [-0.4, -0.2) is 4.98 Å². The minimum Gasteiger partial charge on any atom is -0.453 e. The molecule has 1 aliphatic rings. The average Bonchev–Trinajstić information content (AvgIpc) is 2.99. The van der Waals surface area contributed by atoms with E-state index in [2.05, 4.69) is 108 Å². The van der Waals surface area contributed by atoms with Crippen molar-refractivity contribution >= 4 is 49.5 Å². The number of rotatable bonds is 2. The lowest BCUT2D eigenvalue weighted by Crippen LogP contribution is -2.16. The van der Waals surface area contributed by atoms with Gasteiger partial charge < -0.3 is 9.64 Å². The summed E-state index contributed by atoms with van der Waals surface area (Å²) in [5.41, 5.74) is 6.54. The Bertz CT molecular complexity index is 1970. The van der Waals surface area contributed by atoms with Crippen molar-refractivity contribution in [2.45, 2.75) is 0 Å². The monoisotopic (exact) mass is 486 g/mol. The third-order valence-electron chi connectivity index (χ3n) is 7.45. The molecular formula is C35H22N2O. The largest absolute Gasteiger partial charge is 0.453 e. The Kier molecular flexibility index (Phi) is 4.52. The van der Waals surface area contributed by atoms with Gasteiger partial charge in [0, 0.05) is 27.7 Å². The molecule has 2 heterocycles. The molecule has 8 rings (SSSR count). The van der Waals surface area contributed by atoms with Crippen LogP contribution in [-0.2, 0) is 0 Å². The lowest BCUT2D eigenvalue weighted by atomic mass is 9.88. The molecule has 3 heteroatoms. The summed E-state index contributed by atoms with van der Waals surface area (Å²) in [6, 6.07) is 44.4. The molecule has 0 radical (unpaired) electrons. The van der Waals surface area contributed by atoms with E-state index in [1.807, 2.05) is 30.5 Å². The topological polar surface area (TPSA) is 25.4 Å². The molecule has 7 aromatic rings. The molecule has 0 bridgehead atoms. The van der Waals surface area contributed by atoms with Crippen molar-refractivity contribution in [3.05, 3.63) is 134 Å². The summed E-state index contributed by atoms with van der Waals surface area (Å²) in [6.07, 6.45) is 2.05. The van der Waals surface area contributed by atoms with Gasteiger partial charge in [0.1, 0.15) is 0 Å². The van der Waals surface area contributed by atoms with Crippen molar-refractivity contribution in [2.75, 3.05) is 4.90 Å². The van der Waals surface area contributed by atoms with Gasteiger partial charge in [0.15, 0.2) is 11.5 Å². The van der Waals surface area contributed by atoms with Gasteiger partial charge in [-0.05, 0) is 46.8 Å². The number of fused-ring (bicyclic) bond motifs is 6. The Morgan fingerprint density at radius 1 is 0.500 bits per heavy atom. The maximum absolute atomic E-state index is 6.36. The summed E-state index contributed by atoms with van der Waals surface area (Å²) >= 11 is 0. The van der Waals surface area contributed by atoms with Crippen LogP contribution in [0.5, 0.6) is 11.5 Å². The van der Waals surface area contributed by atoms with Crippen molar-refractivity contribution in [1.82, 2.24) is 4.98 Å². The smallest absolute Gasteiger partial charge is 0.151 e. The molecule has 0 spiro atoms. The van der Waals surface area contributed by atoms with Gasteiger partial charge in [0.2, 0.25) is 0 Å². The predicted molar refractivity (Wildman–Crippen MR) is 157 cm³/mol. The molecule has 0 fully saturated rings. The Morgan fingerprint density at radius 3 is 1.82 bits per heavy atom. The van der Waals surface area contributed by atoms with Crippen LogP contribution in [0.1, 0.15) is 0 Å². The fraction of sp³-hybridized carbons (Fsp3) is 0. The van der Waals surface area contributed by atoms with Crippen molar-refractivity contribution < 1.29 is 4.74 Å². The first-order chi connectivity index (χ1) is 18.9. The maximum Gasteiger partial charge on any atom is 0.151 e. The first-order valence-corrected chi connectivity index (χ1v) is 12.8. The number of pyridine rings is 1. The Hall–Kier alpha value is -5.15. The van der Waals surface area contributed by atoms with Crippen molar-refractivity contribution in [1.29, 1.82) is 0 Å². The predicted octanol–water partition coefficient (Wildman–Crippen LogP) is 9.78. The zero-order valence-electron chi connectivity index (χ0n) is 20.5. The van der Waals surface area contributed by atoms with E-state index in [9.17, 15) is 0 Å². The molecule has 38 heavy (non-hydrogen) atoms. The van der Waals surface area contributed by atoms with Gasteiger partial charge in [-0.15, -0.1) is 0 Å². The van der Waals surface area contributed by atoms with E-state index in [0.29, 0.717) is 0 Å². The van der Waals surface area contributed by atoms with Gasteiger partial charge in [-0.2, -0.15) is 0 Å². The highest BCUT2D eigenvalue weighted by Crippen LogP contribution is 2.55. The van der Waals surface area contributed by atoms with Gasteiger partial charge >= 0.3 is 0 Å². The fourth-order valence-electron chi connectivity index (χ4n) is 5.87. The molecule has 0 N–H and O–H groups in total. The molecule has 1 aromatic heterocycles. The van der Waals surface area contributed by atoms with Crippen LogP contribution in [0.15, 0.2) is 134 Å². The number of ether oxygens (including phenoxy) is 1. The minimum absolute atomic E-state index is 0.837. The lowest BCUT2D eigenvalue weighted by molar-refractivity contribution is 0.477. The highest BCUT2D eigenvalue weighted by molar-refractivity contribution is 6.28. The number of nitrogens with zero attached hydrogens (tertiary/aromatic N) is 2. The normalized spacial score (nSPS) is 12.4. The standard InChI is InChI=1S/C35H22N2O/c1-2-12-23(13-3-1)33-24-14-4-5-15-25(24)35(27-22-36-28-17-7-6-16-26(28)34(27)33)37-29-18-8-10-20-31(29)38-32-21-11-9-19-30(32)37/h1-22H. The van der Waals surface area contributed by atoms with Crippen LogP contribution in [0.3, 0.4) is 0 Å². The molecule has 0 unspecified atom stereocenters. The summed E-state index contributed by atoms with van der Waals surface area (Å²) in [4.78, 5) is 7.31. The van der Waals surface area contributed by atoms with E-state index < -0.39 is 0 Å². The van der Waals surface area contributed by atoms with Gasteiger partial charge in [-0.1, -0.05) is 97.1 Å². The number of para-hydroxylation sites is 5. The summed E-state index contributed by atoms with van der Waals surface area (Å²) < 4.78 is 6.36. The van der Waals surface area contributed by atoms with E-state index >= 15 is 0 Å². The molecule has 0 atom stereocenters.